The number of anilines is 2. The van der Waals surface area contributed by atoms with Crippen molar-refractivity contribution in [2.45, 2.75) is 32.2 Å². The molecule has 8 heteroatoms. The fraction of sp³-hybridized carbons (Fsp3) is 0.333. The van der Waals surface area contributed by atoms with Crippen LogP contribution in [0.4, 0.5) is 20.2 Å². The molecule has 150 valence electrons. The van der Waals surface area contributed by atoms with Crippen molar-refractivity contribution in [2.24, 2.45) is 0 Å². The summed E-state index contributed by atoms with van der Waals surface area (Å²) in [5.41, 5.74) is 2.20. The number of pyridine rings is 1. The lowest BCUT2D eigenvalue weighted by atomic mass is 9.99. The number of likely N-dealkylation sites (N-methyl/N-ethyl adjacent to an activating group) is 1. The number of hydrogen-bond donors (Lipinski definition) is 1. The van der Waals surface area contributed by atoms with Gasteiger partial charge in [-0.25, -0.2) is 18.7 Å². The zero-order valence-electron chi connectivity index (χ0n) is 16.1. The van der Waals surface area contributed by atoms with Gasteiger partial charge < -0.3 is 10.2 Å². The number of thiophene rings is 1. The molecular formula is C21H20F2N4S2. The summed E-state index contributed by atoms with van der Waals surface area (Å²) in [4.78, 5) is 13.2. The van der Waals surface area contributed by atoms with E-state index < -0.39 is 11.6 Å². The molecule has 0 bridgehead atoms. The molecule has 1 saturated heterocycles. The van der Waals surface area contributed by atoms with Gasteiger partial charge in [-0.3, -0.25) is 0 Å². The Morgan fingerprint density at radius 1 is 1.28 bits per heavy atom. The summed E-state index contributed by atoms with van der Waals surface area (Å²) in [6, 6.07) is 5.70. The van der Waals surface area contributed by atoms with Gasteiger partial charge in [0, 0.05) is 28.4 Å². The molecule has 3 aromatic heterocycles. The standard InChI is InChI=1S/C21H20F2N4S2/c1-3-27-7-5-12(11(27)2)16-8-13-15(4-6-24-21(13)29-16)26-19-14(22)9-17-20(18(19)23)25-10-28-17/h4,6,8-12H,3,5,7H2,1-2H3,(H,24,26)/t11-,12-/m0/s1. The van der Waals surface area contributed by atoms with Crippen molar-refractivity contribution in [2.75, 3.05) is 18.4 Å². The maximum Gasteiger partial charge on any atom is 0.176 e. The highest BCUT2D eigenvalue weighted by molar-refractivity contribution is 7.18. The van der Waals surface area contributed by atoms with E-state index in [1.54, 1.807) is 23.6 Å². The van der Waals surface area contributed by atoms with E-state index in [2.05, 4.69) is 40.1 Å². The average molecular weight is 431 g/mol. The van der Waals surface area contributed by atoms with Crippen LogP contribution < -0.4 is 5.32 Å². The minimum Gasteiger partial charge on any atom is -0.350 e. The maximum atomic E-state index is 14.9. The van der Waals surface area contributed by atoms with Gasteiger partial charge in [0.25, 0.3) is 0 Å². The topological polar surface area (TPSA) is 41.0 Å². The summed E-state index contributed by atoms with van der Waals surface area (Å²) < 4.78 is 29.9. The van der Waals surface area contributed by atoms with Crippen LogP contribution in [0.1, 0.15) is 31.1 Å². The molecule has 0 radical (unpaired) electrons. The second-order valence-electron chi connectivity index (χ2n) is 7.36. The summed E-state index contributed by atoms with van der Waals surface area (Å²) in [6.07, 6.45) is 2.80. The number of nitrogens with zero attached hydrogens (tertiary/aromatic N) is 3. The average Bonchev–Trinajstić information content (AvgIpc) is 3.42. The lowest BCUT2D eigenvalue weighted by Gasteiger charge is -2.22. The van der Waals surface area contributed by atoms with Crippen LogP contribution in [-0.4, -0.2) is 34.0 Å². The number of nitrogens with one attached hydrogen (secondary N) is 1. The summed E-state index contributed by atoms with van der Waals surface area (Å²) in [7, 11) is 0. The van der Waals surface area contributed by atoms with Crippen LogP contribution in [-0.2, 0) is 0 Å². The van der Waals surface area contributed by atoms with Gasteiger partial charge in [-0.15, -0.1) is 22.7 Å². The Morgan fingerprint density at radius 3 is 2.93 bits per heavy atom. The lowest BCUT2D eigenvalue weighted by molar-refractivity contribution is 0.274. The molecule has 4 nitrogen and oxygen atoms in total. The Kier molecular flexibility index (Phi) is 4.72. The molecule has 0 spiro atoms. The monoisotopic (exact) mass is 430 g/mol. The van der Waals surface area contributed by atoms with Crippen LogP contribution in [0, 0.1) is 11.6 Å². The second-order valence-corrected chi connectivity index (χ2v) is 9.31. The number of fused-ring (bicyclic) bond motifs is 2. The molecule has 0 unspecified atom stereocenters. The molecule has 4 heterocycles. The molecule has 1 N–H and O–H groups in total. The summed E-state index contributed by atoms with van der Waals surface area (Å²) >= 11 is 2.89. The number of benzene rings is 1. The highest BCUT2D eigenvalue weighted by Crippen LogP contribution is 2.41. The quantitative estimate of drug-likeness (QED) is 0.423. The molecule has 2 atom stereocenters. The first-order chi connectivity index (χ1) is 14.1. The fourth-order valence-corrected chi connectivity index (χ4v) is 6.22. The first-order valence-electron chi connectivity index (χ1n) is 9.67. The van der Waals surface area contributed by atoms with Gasteiger partial charge in [0.05, 0.1) is 15.9 Å². The van der Waals surface area contributed by atoms with E-state index in [-0.39, 0.29) is 11.2 Å². The number of thiazole rings is 1. The number of aromatic nitrogens is 2. The fourth-order valence-electron chi connectivity index (χ4n) is 4.26. The predicted octanol–water partition coefficient (Wildman–Crippen LogP) is 6.13. The SMILES string of the molecule is CCN1CC[C@H](c2cc3c(Nc4c(F)cc5scnc5c4F)ccnc3s2)[C@@H]1C. The number of rotatable bonds is 4. The third-order valence-electron chi connectivity index (χ3n) is 5.89. The minimum absolute atomic E-state index is 0.171. The predicted molar refractivity (Wildman–Crippen MR) is 117 cm³/mol. The third kappa shape index (κ3) is 3.10. The van der Waals surface area contributed by atoms with Gasteiger partial charge in [0.15, 0.2) is 11.6 Å². The first-order valence-corrected chi connectivity index (χ1v) is 11.4. The Labute approximate surface area is 175 Å². The van der Waals surface area contributed by atoms with Gasteiger partial charge in [0.1, 0.15) is 16.0 Å². The zero-order valence-corrected chi connectivity index (χ0v) is 17.7. The van der Waals surface area contributed by atoms with E-state index in [4.69, 9.17) is 0 Å². The normalized spacial score (nSPS) is 20.1. The van der Waals surface area contributed by atoms with Gasteiger partial charge in [-0.2, -0.15) is 0 Å². The van der Waals surface area contributed by atoms with Crippen molar-refractivity contribution in [3.05, 3.63) is 46.4 Å². The zero-order chi connectivity index (χ0) is 20.1. The summed E-state index contributed by atoms with van der Waals surface area (Å²) in [5, 5.41) is 3.87. The van der Waals surface area contributed by atoms with E-state index in [1.807, 2.05) is 0 Å². The molecule has 29 heavy (non-hydrogen) atoms. The Morgan fingerprint density at radius 2 is 2.14 bits per heavy atom. The molecule has 1 fully saturated rings. The van der Waals surface area contributed by atoms with Crippen molar-refractivity contribution in [3.8, 4) is 0 Å². The third-order valence-corrected chi connectivity index (χ3v) is 7.84. The van der Waals surface area contributed by atoms with Crippen LogP contribution in [0.5, 0.6) is 0 Å². The lowest BCUT2D eigenvalue weighted by Crippen LogP contribution is -2.28. The van der Waals surface area contributed by atoms with Crippen LogP contribution in [0.3, 0.4) is 0 Å². The van der Waals surface area contributed by atoms with E-state index in [0.29, 0.717) is 22.3 Å². The Bertz CT molecular complexity index is 1200. The Hall–Kier alpha value is -2.16. The number of halogens is 2. The van der Waals surface area contributed by atoms with Crippen molar-refractivity contribution < 1.29 is 8.78 Å². The Balaban J connectivity index is 1.54. The molecule has 1 aliphatic heterocycles. The molecule has 1 aromatic carbocycles. The smallest absolute Gasteiger partial charge is 0.176 e. The molecule has 0 saturated carbocycles. The van der Waals surface area contributed by atoms with E-state index in [0.717, 1.165) is 29.7 Å². The van der Waals surface area contributed by atoms with Crippen LogP contribution in [0.25, 0.3) is 20.4 Å². The van der Waals surface area contributed by atoms with Crippen molar-refractivity contribution >= 4 is 54.5 Å². The van der Waals surface area contributed by atoms with Crippen molar-refractivity contribution in [3.63, 3.8) is 0 Å². The molecular weight excluding hydrogens is 410 g/mol. The van der Waals surface area contributed by atoms with Gasteiger partial charge >= 0.3 is 0 Å². The maximum absolute atomic E-state index is 14.9. The van der Waals surface area contributed by atoms with E-state index in [9.17, 15) is 8.78 Å². The molecule has 4 aromatic rings. The van der Waals surface area contributed by atoms with E-state index in [1.165, 1.54) is 27.8 Å². The van der Waals surface area contributed by atoms with Gasteiger partial charge in [0.2, 0.25) is 0 Å². The van der Waals surface area contributed by atoms with Crippen LogP contribution in [0.15, 0.2) is 29.9 Å². The van der Waals surface area contributed by atoms with Gasteiger partial charge in [-0.1, -0.05) is 6.92 Å². The highest BCUT2D eigenvalue weighted by atomic mass is 32.1. The first kappa shape index (κ1) is 18.8. The molecule has 0 aliphatic carbocycles. The van der Waals surface area contributed by atoms with Gasteiger partial charge in [-0.05, 0) is 44.6 Å². The minimum atomic E-state index is -0.662. The van der Waals surface area contributed by atoms with Crippen LogP contribution in [0.2, 0.25) is 0 Å². The molecule has 1 aliphatic rings. The van der Waals surface area contributed by atoms with Crippen LogP contribution >= 0.6 is 22.7 Å². The number of hydrogen-bond acceptors (Lipinski definition) is 6. The van der Waals surface area contributed by atoms with E-state index >= 15 is 0 Å². The highest BCUT2D eigenvalue weighted by Gasteiger charge is 2.32. The largest absolute Gasteiger partial charge is 0.350 e. The molecule has 5 rings (SSSR count). The van der Waals surface area contributed by atoms with Crippen molar-refractivity contribution in [1.82, 2.24) is 14.9 Å². The second kappa shape index (κ2) is 7.27. The summed E-state index contributed by atoms with van der Waals surface area (Å²) in [6.45, 7) is 6.60. The molecule has 0 amide bonds. The number of likely N-dealkylation sites (tertiary alicyclic amines) is 1. The van der Waals surface area contributed by atoms with Crippen molar-refractivity contribution in [1.29, 1.82) is 0 Å². The summed E-state index contributed by atoms with van der Waals surface area (Å²) in [5.74, 6) is -0.825.